The van der Waals surface area contributed by atoms with Crippen molar-refractivity contribution in [2.45, 2.75) is 25.3 Å². The molecule has 1 atom stereocenters. The Labute approximate surface area is 199 Å². The second-order valence-electron chi connectivity index (χ2n) is 7.87. The van der Waals surface area contributed by atoms with E-state index in [-0.39, 0.29) is 11.8 Å². The van der Waals surface area contributed by atoms with Crippen molar-refractivity contribution in [2.24, 2.45) is 0 Å². The highest BCUT2D eigenvalue weighted by Crippen LogP contribution is 2.43. The molecule has 170 valence electrons. The van der Waals surface area contributed by atoms with Crippen LogP contribution in [-0.2, 0) is 4.79 Å². The van der Waals surface area contributed by atoms with Crippen LogP contribution in [0.3, 0.4) is 0 Å². The van der Waals surface area contributed by atoms with Crippen LogP contribution in [0.5, 0.6) is 17.2 Å². The summed E-state index contributed by atoms with van der Waals surface area (Å²) in [6, 6.07) is 11.3. The molecule has 0 saturated carbocycles. The van der Waals surface area contributed by atoms with Gasteiger partial charge in [0.1, 0.15) is 6.04 Å². The Bertz CT molecular complexity index is 1240. The summed E-state index contributed by atoms with van der Waals surface area (Å²) >= 11 is 3.50. The second-order valence-corrected chi connectivity index (χ2v) is 8.78. The molecule has 33 heavy (non-hydrogen) atoms. The van der Waals surface area contributed by atoms with Crippen LogP contribution in [-0.4, -0.2) is 41.9 Å². The van der Waals surface area contributed by atoms with Crippen molar-refractivity contribution in [1.29, 1.82) is 0 Å². The summed E-state index contributed by atoms with van der Waals surface area (Å²) in [5, 5.41) is 8.19. The average Bonchev–Trinajstić information content (AvgIpc) is 3.26. The van der Waals surface area contributed by atoms with Gasteiger partial charge >= 0.3 is 0 Å². The number of nitrogens with one attached hydrogen (secondary N) is 1. The number of nitrogens with zero attached hydrogens (tertiary/aromatic N) is 3. The topological polar surface area (TPSA) is 87.5 Å². The Morgan fingerprint density at radius 3 is 2.36 bits per heavy atom. The van der Waals surface area contributed by atoms with E-state index in [4.69, 9.17) is 24.3 Å². The lowest BCUT2D eigenvalue weighted by atomic mass is 9.85. The summed E-state index contributed by atoms with van der Waals surface area (Å²) in [5.41, 5.74) is 3.38. The minimum absolute atomic E-state index is 0.146. The van der Waals surface area contributed by atoms with Gasteiger partial charge in [-0.05, 0) is 42.7 Å². The lowest BCUT2D eigenvalue weighted by molar-refractivity contribution is -0.116. The number of carbonyl (C=O) groups excluding carboxylic acids is 1. The lowest BCUT2D eigenvalue weighted by Gasteiger charge is -2.32. The smallest absolute Gasteiger partial charge is 0.226 e. The first-order valence-electron chi connectivity index (χ1n) is 10.6. The van der Waals surface area contributed by atoms with Crippen LogP contribution in [0.4, 0.5) is 5.95 Å². The quantitative estimate of drug-likeness (QED) is 0.529. The molecule has 1 aliphatic carbocycles. The number of halogens is 1. The highest BCUT2D eigenvalue weighted by Gasteiger charge is 2.37. The molecule has 1 aromatic heterocycles. The van der Waals surface area contributed by atoms with Crippen LogP contribution >= 0.6 is 15.9 Å². The Morgan fingerprint density at radius 1 is 1.03 bits per heavy atom. The van der Waals surface area contributed by atoms with Crippen LogP contribution in [0.25, 0.3) is 11.4 Å². The summed E-state index contributed by atoms with van der Waals surface area (Å²) in [7, 11) is 4.70. The number of allylic oxidation sites excluding steroid dienone is 2. The molecule has 1 unspecified atom stereocenters. The summed E-state index contributed by atoms with van der Waals surface area (Å²) < 4.78 is 19.2. The van der Waals surface area contributed by atoms with Gasteiger partial charge in [-0.25, -0.2) is 4.68 Å². The number of rotatable bonds is 5. The molecule has 2 aliphatic rings. The normalized spacial score (nSPS) is 17.2. The Kier molecular flexibility index (Phi) is 5.57. The van der Waals surface area contributed by atoms with E-state index in [1.807, 2.05) is 36.4 Å². The first-order chi connectivity index (χ1) is 16.0. The second kappa shape index (κ2) is 8.55. The molecule has 8 nitrogen and oxygen atoms in total. The number of ketones is 1. The summed E-state index contributed by atoms with van der Waals surface area (Å²) in [6.45, 7) is 0. The Hall–Kier alpha value is -3.33. The number of fused-ring (bicyclic) bond motifs is 1. The van der Waals surface area contributed by atoms with Crippen LogP contribution < -0.4 is 19.5 Å². The van der Waals surface area contributed by atoms with E-state index >= 15 is 0 Å². The van der Waals surface area contributed by atoms with Gasteiger partial charge in [-0.15, -0.1) is 5.10 Å². The number of aromatic nitrogens is 3. The van der Waals surface area contributed by atoms with Gasteiger partial charge < -0.3 is 19.5 Å². The largest absolute Gasteiger partial charge is 0.493 e. The molecule has 0 fully saturated rings. The van der Waals surface area contributed by atoms with Crippen molar-refractivity contribution in [1.82, 2.24) is 14.8 Å². The van der Waals surface area contributed by atoms with Crippen LogP contribution in [0.15, 0.2) is 52.1 Å². The highest BCUT2D eigenvalue weighted by atomic mass is 79.9. The molecule has 0 radical (unpaired) electrons. The molecule has 2 heterocycles. The molecule has 1 aliphatic heterocycles. The third-order valence-corrected chi connectivity index (χ3v) is 6.51. The number of anilines is 1. The van der Waals surface area contributed by atoms with E-state index in [0.717, 1.165) is 34.1 Å². The number of hydrogen-bond acceptors (Lipinski definition) is 7. The van der Waals surface area contributed by atoms with Gasteiger partial charge in [0.15, 0.2) is 23.1 Å². The SMILES string of the molecule is COc1cc(-c2nc3n(n2)C(c2ccc(Br)cc2)C2=C(CCCC2=O)N3)cc(OC)c1OC. The van der Waals surface area contributed by atoms with E-state index < -0.39 is 0 Å². The molecule has 2 aromatic carbocycles. The van der Waals surface area contributed by atoms with Gasteiger partial charge in [0.25, 0.3) is 0 Å². The van der Waals surface area contributed by atoms with Crippen LogP contribution in [0, 0.1) is 0 Å². The summed E-state index contributed by atoms with van der Waals surface area (Å²) in [6.07, 6.45) is 2.17. The van der Waals surface area contributed by atoms with Crippen LogP contribution in [0.1, 0.15) is 30.9 Å². The number of carbonyl (C=O) groups is 1. The summed E-state index contributed by atoms with van der Waals surface area (Å²) in [4.78, 5) is 17.8. The molecule has 3 aromatic rings. The zero-order valence-electron chi connectivity index (χ0n) is 18.5. The first-order valence-corrected chi connectivity index (χ1v) is 11.4. The van der Waals surface area contributed by atoms with Crippen molar-refractivity contribution in [3.63, 3.8) is 0 Å². The maximum atomic E-state index is 13.0. The van der Waals surface area contributed by atoms with Crippen molar-refractivity contribution in [3.05, 3.63) is 57.7 Å². The maximum Gasteiger partial charge on any atom is 0.226 e. The third kappa shape index (κ3) is 3.66. The molecule has 5 rings (SSSR count). The zero-order chi connectivity index (χ0) is 23.1. The molecule has 0 amide bonds. The third-order valence-electron chi connectivity index (χ3n) is 5.98. The molecular weight excluding hydrogens is 488 g/mol. The lowest BCUT2D eigenvalue weighted by Crippen LogP contribution is -2.31. The average molecular weight is 511 g/mol. The van der Waals surface area contributed by atoms with Crippen LogP contribution in [0.2, 0.25) is 0 Å². The van der Waals surface area contributed by atoms with E-state index in [2.05, 4.69) is 21.2 Å². The van der Waals surface area contributed by atoms with E-state index in [1.165, 1.54) is 0 Å². The number of ether oxygens (including phenoxy) is 3. The van der Waals surface area contributed by atoms with E-state index in [0.29, 0.717) is 41.0 Å². The minimum atomic E-state index is -0.347. The maximum absolute atomic E-state index is 13.0. The Morgan fingerprint density at radius 2 is 1.73 bits per heavy atom. The fourth-order valence-corrected chi connectivity index (χ4v) is 4.71. The zero-order valence-corrected chi connectivity index (χ0v) is 20.1. The van der Waals surface area contributed by atoms with Gasteiger partial charge in [0.05, 0.1) is 21.3 Å². The molecule has 1 N–H and O–H groups in total. The molecule has 0 saturated heterocycles. The molecular formula is C24H23BrN4O4. The number of methoxy groups -OCH3 is 3. The predicted molar refractivity (Wildman–Crippen MR) is 127 cm³/mol. The van der Waals surface area contributed by atoms with E-state index in [1.54, 1.807) is 26.0 Å². The Balaban J connectivity index is 1.66. The van der Waals surface area contributed by atoms with Crippen molar-refractivity contribution in [3.8, 4) is 28.6 Å². The van der Waals surface area contributed by atoms with Gasteiger partial charge in [-0.2, -0.15) is 4.98 Å². The highest BCUT2D eigenvalue weighted by molar-refractivity contribution is 9.10. The van der Waals surface area contributed by atoms with E-state index in [9.17, 15) is 4.79 Å². The monoisotopic (exact) mass is 510 g/mol. The number of benzene rings is 2. The fourth-order valence-electron chi connectivity index (χ4n) is 4.44. The molecule has 0 spiro atoms. The fraction of sp³-hybridized carbons (Fsp3) is 0.292. The van der Waals surface area contributed by atoms with Crippen molar-refractivity contribution < 1.29 is 19.0 Å². The van der Waals surface area contributed by atoms with Gasteiger partial charge in [-0.3, -0.25) is 4.79 Å². The molecule has 0 bridgehead atoms. The van der Waals surface area contributed by atoms with Gasteiger partial charge in [-0.1, -0.05) is 28.1 Å². The van der Waals surface area contributed by atoms with Gasteiger partial charge in [0.2, 0.25) is 11.7 Å². The first kappa shape index (κ1) is 21.5. The molecule has 9 heteroatoms. The summed E-state index contributed by atoms with van der Waals surface area (Å²) in [5.74, 6) is 2.77. The predicted octanol–water partition coefficient (Wildman–Crippen LogP) is 4.76. The number of Topliss-reactive ketones (excluding diaryl/α,β-unsaturated/α-hetero) is 1. The van der Waals surface area contributed by atoms with Gasteiger partial charge in [0, 0.05) is 27.7 Å². The van der Waals surface area contributed by atoms with Crippen molar-refractivity contribution >= 4 is 27.7 Å². The standard InChI is InChI=1S/C24H23BrN4O4/c1-31-18-11-14(12-19(32-2)22(18)33-3)23-27-24-26-16-5-4-6-17(30)20(16)21(29(24)28-23)13-7-9-15(25)10-8-13/h7-12,21H,4-6H2,1-3H3,(H,26,27,28). The number of hydrogen-bond donors (Lipinski definition) is 1. The van der Waals surface area contributed by atoms with Crippen molar-refractivity contribution in [2.75, 3.05) is 26.6 Å². The minimum Gasteiger partial charge on any atom is -0.493 e.